The van der Waals surface area contributed by atoms with Gasteiger partial charge in [-0.2, -0.15) is 13.2 Å². The normalized spacial score (nSPS) is 11.6. The first-order chi connectivity index (χ1) is 10.4. The third-order valence-corrected chi connectivity index (χ3v) is 3.19. The van der Waals surface area contributed by atoms with Crippen LogP contribution in [0.25, 0.3) is 10.9 Å². The van der Waals surface area contributed by atoms with Crippen LogP contribution in [0.3, 0.4) is 0 Å². The molecule has 112 valence electrons. The number of alkyl halides is 3. The van der Waals surface area contributed by atoms with Crippen LogP contribution in [-0.2, 0) is 6.18 Å². The Balaban J connectivity index is 2.02. The average Bonchev–Trinajstić information content (AvgIpc) is 2.48. The first-order valence-corrected chi connectivity index (χ1v) is 6.85. The summed E-state index contributed by atoms with van der Waals surface area (Å²) in [7, 11) is 0. The van der Waals surface area contributed by atoms with E-state index in [0.29, 0.717) is 15.6 Å². The molecule has 2 heterocycles. The van der Waals surface area contributed by atoms with Gasteiger partial charge in [0.15, 0.2) is 0 Å². The standard InChI is InChI=1S/C14H7BrF3N3O/c15-8-6-19-13(20-7-8)22-11-3-1-2-10-9(11)4-5-12(21-10)14(16,17)18/h1-7H. The van der Waals surface area contributed by atoms with Crippen molar-refractivity contribution in [2.24, 2.45) is 0 Å². The van der Waals surface area contributed by atoms with E-state index in [1.807, 2.05) is 0 Å². The van der Waals surface area contributed by atoms with Gasteiger partial charge in [-0.15, -0.1) is 0 Å². The van der Waals surface area contributed by atoms with Crippen LogP contribution in [0, 0.1) is 0 Å². The van der Waals surface area contributed by atoms with E-state index in [0.717, 1.165) is 6.07 Å². The zero-order valence-electron chi connectivity index (χ0n) is 10.8. The van der Waals surface area contributed by atoms with Gasteiger partial charge in [0.2, 0.25) is 0 Å². The summed E-state index contributed by atoms with van der Waals surface area (Å²) in [6, 6.07) is 6.99. The van der Waals surface area contributed by atoms with E-state index in [-0.39, 0.29) is 11.5 Å². The topological polar surface area (TPSA) is 47.9 Å². The van der Waals surface area contributed by atoms with Gasteiger partial charge < -0.3 is 4.74 Å². The highest BCUT2D eigenvalue weighted by atomic mass is 79.9. The van der Waals surface area contributed by atoms with Crippen molar-refractivity contribution >= 4 is 26.8 Å². The second-order valence-electron chi connectivity index (χ2n) is 4.30. The molecule has 0 aliphatic rings. The summed E-state index contributed by atoms with van der Waals surface area (Å²) in [6.07, 6.45) is -1.47. The molecule has 0 bridgehead atoms. The maximum Gasteiger partial charge on any atom is 0.433 e. The molecule has 0 unspecified atom stereocenters. The number of nitrogens with zero attached hydrogens (tertiary/aromatic N) is 3. The zero-order chi connectivity index (χ0) is 15.7. The van der Waals surface area contributed by atoms with Gasteiger partial charge in [-0.3, -0.25) is 0 Å². The minimum atomic E-state index is -4.49. The largest absolute Gasteiger partial charge is 0.433 e. The van der Waals surface area contributed by atoms with Crippen molar-refractivity contribution < 1.29 is 17.9 Å². The number of halogens is 4. The highest BCUT2D eigenvalue weighted by molar-refractivity contribution is 9.10. The molecule has 0 radical (unpaired) electrons. The Morgan fingerprint density at radius 3 is 2.41 bits per heavy atom. The number of hydrogen-bond acceptors (Lipinski definition) is 4. The minimum Gasteiger partial charge on any atom is -0.424 e. The monoisotopic (exact) mass is 369 g/mol. The molecular weight excluding hydrogens is 363 g/mol. The lowest BCUT2D eigenvalue weighted by atomic mass is 10.2. The van der Waals surface area contributed by atoms with E-state index in [2.05, 4.69) is 30.9 Å². The molecule has 8 heteroatoms. The van der Waals surface area contributed by atoms with Gasteiger partial charge in [-0.1, -0.05) is 6.07 Å². The maximum atomic E-state index is 12.7. The van der Waals surface area contributed by atoms with Crippen LogP contribution in [0.4, 0.5) is 13.2 Å². The predicted molar refractivity (Wildman–Crippen MR) is 76.6 cm³/mol. The number of fused-ring (bicyclic) bond motifs is 1. The van der Waals surface area contributed by atoms with Crippen molar-refractivity contribution in [1.82, 2.24) is 15.0 Å². The van der Waals surface area contributed by atoms with Gasteiger partial charge in [-0.05, 0) is 40.2 Å². The highest BCUT2D eigenvalue weighted by Crippen LogP contribution is 2.32. The first-order valence-electron chi connectivity index (χ1n) is 6.06. The number of pyridine rings is 1. The lowest BCUT2D eigenvalue weighted by Gasteiger charge is -2.09. The predicted octanol–water partition coefficient (Wildman–Crippen LogP) is 4.60. The molecule has 0 aliphatic carbocycles. The number of ether oxygens (including phenoxy) is 1. The number of rotatable bonds is 2. The van der Waals surface area contributed by atoms with Gasteiger partial charge in [0, 0.05) is 17.8 Å². The van der Waals surface area contributed by atoms with E-state index in [1.165, 1.54) is 24.5 Å². The van der Waals surface area contributed by atoms with Crippen LogP contribution in [-0.4, -0.2) is 15.0 Å². The van der Waals surface area contributed by atoms with E-state index in [4.69, 9.17) is 4.74 Å². The summed E-state index contributed by atoms with van der Waals surface area (Å²) in [6.45, 7) is 0. The zero-order valence-corrected chi connectivity index (χ0v) is 12.4. The van der Waals surface area contributed by atoms with E-state index in [1.54, 1.807) is 12.1 Å². The van der Waals surface area contributed by atoms with Gasteiger partial charge in [-0.25, -0.2) is 15.0 Å². The van der Waals surface area contributed by atoms with Crippen LogP contribution >= 0.6 is 15.9 Å². The smallest absolute Gasteiger partial charge is 0.424 e. The Kier molecular flexibility index (Phi) is 3.69. The van der Waals surface area contributed by atoms with E-state index >= 15 is 0 Å². The summed E-state index contributed by atoms with van der Waals surface area (Å²) in [5, 5.41) is 0.446. The molecule has 0 fully saturated rings. The molecule has 0 saturated heterocycles. The molecule has 0 saturated carbocycles. The summed E-state index contributed by atoms with van der Waals surface area (Å²) < 4.78 is 44.2. The molecule has 0 amide bonds. The quantitative estimate of drug-likeness (QED) is 0.662. The molecule has 4 nitrogen and oxygen atoms in total. The van der Waals surface area contributed by atoms with Crippen molar-refractivity contribution in [2.45, 2.75) is 6.18 Å². The fourth-order valence-corrected chi connectivity index (χ4v) is 2.03. The third kappa shape index (κ3) is 3.01. The Morgan fingerprint density at radius 1 is 1.00 bits per heavy atom. The molecule has 3 rings (SSSR count). The Labute approximate surface area is 131 Å². The van der Waals surface area contributed by atoms with Crippen LogP contribution in [0.5, 0.6) is 11.8 Å². The molecule has 1 aromatic carbocycles. The number of hydrogen-bond donors (Lipinski definition) is 0. The molecule has 0 aliphatic heterocycles. The van der Waals surface area contributed by atoms with Crippen molar-refractivity contribution in [1.29, 1.82) is 0 Å². The van der Waals surface area contributed by atoms with Gasteiger partial charge in [0.25, 0.3) is 0 Å². The molecule has 0 spiro atoms. The fourth-order valence-electron chi connectivity index (χ4n) is 1.83. The van der Waals surface area contributed by atoms with Crippen molar-refractivity contribution in [3.8, 4) is 11.8 Å². The number of aromatic nitrogens is 3. The fraction of sp³-hybridized carbons (Fsp3) is 0.0714. The molecule has 3 aromatic rings. The summed E-state index contributed by atoms with van der Waals surface area (Å²) >= 11 is 3.20. The van der Waals surface area contributed by atoms with Crippen molar-refractivity contribution in [3.63, 3.8) is 0 Å². The molecule has 0 N–H and O–H groups in total. The first kappa shape index (κ1) is 14.7. The number of benzene rings is 1. The van der Waals surface area contributed by atoms with Crippen molar-refractivity contribution in [3.05, 3.63) is 52.9 Å². The molecule has 2 aromatic heterocycles. The lowest BCUT2D eigenvalue weighted by molar-refractivity contribution is -0.140. The summed E-state index contributed by atoms with van der Waals surface area (Å²) in [4.78, 5) is 11.5. The lowest BCUT2D eigenvalue weighted by Crippen LogP contribution is -2.07. The third-order valence-electron chi connectivity index (χ3n) is 2.78. The Morgan fingerprint density at radius 2 is 1.73 bits per heavy atom. The summed E-state index contributed by atoms with van der Waals surface area (Å²) in [5.74, 6) is 0.334. The Bertz CT molecular complexity index is 822. The minimum absolute atomic E-state index is 0.0931. The summed E-state index contributed by atoms with van der Waals surface area (Å²) in [5.41, 5.74) is -0.763. The van der Waals surface area contributed by atoms with Gasteiger partial charge in [0.05, 0.1) is 9.99 Å². The average molecular weight is 370 g/mol. The van der Waals surface area contributed by atoms with Crippen LogP contribution < -0.4 is 4.74 Å². The van der Waals surface area contributed by atoms with Crippen LogP contribution in [0.1, 0.15) is 5.69 Å². The van der Waals surface area contributed by atoms with E-state index < -0.39 is 11.9 Å². The van der Waals surface area contributed by atoms with E-state index in [9.17, 15) is 13.2 Å². The maximum absolute atomic E-state index is 12.7. The Hall–Kier alpha value is -2.22. The molecule has 0 atom stereocenters. The second kappa shape index (κ2) is 5.53. The van der Waals surface area contributed by atoms with Crippen molar-refractivity contribution in [2.75, 3.05) is 0 Å². The SMILES string of the molecule is FC(F)(F)c1ccc2c(Oc3ncc(Br)cn3)cccc2n1. The van der Waals surface area contributed by atoms with Gasteiger partial charge >= 0.3 is 12.2 Å². The van der Waals surface area contributed by atoms with Crippen LogP contribution in [0.2, 0.25) is 0 Å². The molecular formula is C14H7BrF3N3O. The van der Waals surface area contributed by atoms with Gasteiger partial charge in [0.1, 0.15) is 11.4 Å². The highest BCUT2D eigenvalue weighted by Gasteiger charge is 2.32. The van der Waals surface area contributed by atoms with Crippen LogP contribution in [0.15, 0.2) is 47.2 Å². The second-order valence-corrected chi connectivity index (χ2v) is 5.22. The molecule has 22 heavy (non-hydrogen) atoms.